The molecule has 1 aliphatic rings. The lowest BCUT2D eigenvalue weighted by Crippen LogP contribution is -2.47. The standard InChI is InChI=1S/C14H19FN2O/c1-10-8-11(15)5-6-13(10)14(18)17-7-3-4-12(9-17)16-2/h5-6,8,12,16H,3-4,7,9H2,1-2H3. The molecule has 2 rings (SSSR count). The van der Waals surface area contributed by atoms with Crippen LogP contribution in [0.1, 0.15) is 28.8 Å². The third-order valence-electron chi connectivity index (χ3n) is 3.54. The van der Waals surface area contributed by atoms with Crippen LogP contribution in [0, 0.1) is 12.7 Å². The van der Waals surface area contributed by atoms with Gasteiger partial charge in [0, 0.05) is 24.7 Å². The predicted molar refractivity (Wildman–Crippen MR) is 69.1 cm³/mol. The maximum atomic E-state index is 13.0. The second-order valence-electron chi connectivity index (χ2n) is 4.84. The maximum absolute atomic E-state index is 13.0. The smallest absolute Gasteiger partial charge is 0.254 e. The van der Waals surface area contributed by atoms with Gasteiger partial charge in [-0.1, -0.05) is 0 Å². The molecule has 0 aliphatic carbocycles. The number of benzene rings is 1. The SMILES string of the molecule is CNC1CCCN(C(=O)c2ccc(F)cc2C)C1. The molecule has 0 spiro atoms. The van der Waals surface area contributed by atoms with Crippen LogP contribution in [0.2, 0.25) is 0 Å². The van der Waals surface area contributed by atoms with E-state index in [1.165, 1.54) is 12.1 Å². The number of amides is 1. The number of halogens is 1. The number of nitrogens with one attached hydrogen (secondary N) is 1. The molecule has 1 aromatic rings. The van der Waals surface area contributed by atoms with E-state index in [1.807, 2.05) is 11.9 Å². The molecule has 0 aromatic heterocycles. The quantitative estimate of drug-likeness (QED) is 0.870. The summed E-state index contributed by atoms with van der Waals surface area (Å²) in [5, 5.41) is 3.21. The first-order valence-corrected chi connectivity index (χ1v) is 6.34. The molecular formula is C14H19FN2O. The summed E-state index contributed by atoms with van der Waals surface area (Å²) in [7, 11) is 1.92. The van der Waals surface area contributed by atoms with E-state index in [2.05, 4.69) is 5.32 Å². The topological polar surface area (TPSA) is 32.3 Å². The number of hydrogen-bond acceptors (Lipinski definition) is 2. The minimum Gasteiger partial charge on any atom is -0.337 e. The fraction of sp³-hybridized carbons (Fsp3) is 0.500. The van der Waals surface area contributed by atoms with Gasteiger partial charge in [-0.2, -0.15) is 0 Å². The number of hydrogen-bond donors (Lipinski definition) is 1. The average Bonchev–Trinajstić information content (AvgIpc) is 2.38. The summed E-state index contributed by atoms with van der Waals surface area (Å²) in [5.74, 6) is -0.289. The summed E-state index contributed by atoms with van der Waals surface area (Å²) in [6, 6.07) is 4.70. The molecule has 98 valence electrons. The van der Waals surface area contributed by atoms with Gasteiger partial charge < -0.3 is 10.2 Å². The predicted octanol–water partition coefficient (Wildman–Crippen LogP) is 1.96. The summed E-state index contributed by atoms with van der Waals surface area (Å²) >= 11 is 0. The van der Waals surface area contributed by atoms with Crippen molar-refractivity contribution in [1.29, 1.82) is 0 Å². The van der Waals surface area contributed by atoms with Crippen molar-refractivity contribution in [2.24, 2.45) is 0 Å². The number of likely N-dealkylation sites (tertiary alicyclic amines) is 1. The summed E-state index contributed by atoms with van der Waals surface area (Å²) in [4.78, 5) is 14.2. The molecule has 3 nitrogen and oxygen atoms in total. The molecule has 4 heteroatoms. The molecule has 1 heterocycles. The molecule has 1 amide bonds. The molecule has 1 aliphatic heterocycles. The molecule has 0 radical (unpaired) electrons. The number of carbonyl (C=O) groups is 1. The lowest BCUT2D eigenvalue weighted by atomic mass is 10.0. The number of piperidine rings is 1. The molecule has 1 fully saturated rings. The second-order valence-corrected chi connectivity index (χ2v) is 4.84. The summed E-state index contributed by atoms with van der Waals surface area (Å²) in [5.41, 5.74) is 1.31. The molecule has 1 atom stereocenters. The Balaban J connectivity index is 2.15. The van der Waals surface area contributed by atoms with Crippen LogP contribution in [0.4, 0.5) is 4.39 Å². The van der Waals surface area contributed by atoms with E-state index in [-0.39, 0.29) is 11.7 Å². The number of aryl methyl sites for hydroxylation is 1. The van der Waals surface area contributed by atoms with Gasteiger partial charge in [-0.25, -0.2) is 4.39 Å². The van der Waals surface area contributed by atoms with E-state index in [0.717, 1.165) is 25.9 Å². The van der Waals surface area contributed by atoms with Crippen molar-refractivity contribution in [1.82, 2.24) is 10.2 Å². The minimum atomic E-state index is -0.296. The van der Waals surface area contributed by atoms with Crippen LogP contribution in [-0.4, -0.2) is 37.0 Å². The van der Waals surface area contributed by atoms with Gasteiger partial charge in [0.1, 0.15) is 5.82 Å². The number of rotatable bonds is 2. The molecule has 1 unspecified atom stereocenters. The van der Waals surface area contributed by atoms with Crippen LogP contribution in [-0.2, 0) is 0 Å². The largest absolute Gasteiger partial charge is 0.337 e. The van der Waals surface area contributed by atoms with Gasteiger partial charge in [0.05, 0.1) is 0 Å². The Morgan fingerprint density at radius 3 is 2.94 bits per heavy atom. The van der Waals surface area contributed by atoms with Gasteiger partial charge in [0.15, 0.2) is 0 Å². The van der Waals surface area contributed by atoms with Gasteiger partial charge in [-0.3, -0.25) is 4.79 Å². The van der Waals surface area contributed by atoms with E-state index in [4.69, 9.17) is 0 Å². The molecule has 0 saturated carbocycles. The summed E-state index contributed by atoms with van der Waals surface area (Å²) < 4.78 is 13.0. The van der Waals surface area contributed by atoms with Gasteiger partial charge in [-0.05, 0) is 50.6 Å². The van der Waals surface area contributed by atoms with Crippen molar-refractivity contribution in [3.05, 3.63) is 35.1 Å². The normalized spacial score (nSPS) is 19.9. The minimum absolute atomic E-state index is 0.00690. The highest BCUT2D eigenvalue weighted by Crippen LogP contribution is 2.17. The van der Waals surface area contributed by atoms with Crippen LogP contribution in [0.3, 0.4) is 0 Å². The molecular weight excluding hydrogens is 231 g/mol. The van der Waals surface area contributed by atoms with Gasteiger partial charge in [0.2, 0.25) is 0 Å². The van der Waals surface area contributed by atoms with Gasteiger partial charge >= 0.3 is 0 Å². The lowest BCUT2D eigenvalue weighted by Gasteiger charge is -2.33. The fourth-order valence-electron chi connectivity index (χ4n) is 2.43. The van der Waals surface area contributed by atoms with Gasteiger partial charge in [0.25, 0.3) is 5.91 Å². The Morgan fingerprint density at radius 2 is 2.28 bits per heavy atom. The van der Waals surface area contributed by atoms with Crippen molar-refractivity contribution in [3.8, 4) is 0 Å². The van der Waals surface area contributed by atoms with E-state index in [0.29, 0.717) is 17.2 Å². The zero-order valence-corrected chi connectivity index (χ0v) is 10.9. The van der Waals surface area contributed by atoms with Crippen molar-refractivity contribution in [2.45, 2.75) is 25.8 Å². The Labute approximate surface area is 107 Å². The lowest BCUT2D eigenvalue weighted by molar-refractivity contribution is 0.0697. The number of likely N-dealkylation sites (N-methyl/N-ethyl adjacent to an activating group) is 1. The van der Waals surface area contributed by atoms with Crippen LogP contribution in [0.25, 0.3) is 0 Å². The fourth-order valence-corrected chi connectivity index (χ4v) is 2.43. The summed E-state index contributed by atoms with van der Waals surface area (Å²) in [6.07, 6.45) is 2.11. The van der Waals surface area contributed by atoms with Crippen molar-refractivity contribution in [2.75, 3.05) is 20.1 Å². The van der Waals surface area contributed by atoms with Crippen LogP contribution in [0.5, 0.6) is 0 Å². The van der Waals surface area contributed by atoms with Crippen LogP contribution in [0.15, 0.2) is 18.2 Å². The molecule has 18 heavy (non-hydrogen) atoms. The highest BCUT2D eigenvalue weighted by atomic mass is 19.1. The third-order valence-corrected chi connectivity index (χ3v) is 3.54. The number of nitrogens with zero attached hydrogens (tertiary/aromatic N) is 1. The van der Waals surface area contributed by atoms with E-state index >= 15 is 0 Å². The highest BCUT2D eigenvalue weighted by Gasteiger charge is 2.24. The van der Waals surface area contributed by atoms with E-state index in [9.17, 15) is 9.18 Å². The maximum Gasteiger partial charge on any atom is 0.254 e. The third kappa shape index (κ3) is 2.70. The van der Waals surface area contributed by atoms with Crippen molar-refractivity contribution in [3.63, 3.8) is 0 Å². The molecule has 1 N–H and O–H groups in total. The Bertz CT molecular complexity index is 447. The van der Waals surface area contributed by atoms with Crippen LogP contribution >= 0.6 is 0 Å². The first kappa shape index (κ1) is 13.0. The van der Waals surface area contributed by atoms with Crippen molar-refractivity contribution >= 4 is 5.91 Å². The molecule has 1 saturated heterocycles. The number of carbonyl (C=O) groups excluding carboxylic acids is 1. The zero-order valence-electron chi connectivity index (χ0n) is 10.9. The Kier molecular flexibility index (Phi) is 3.97. The summed E-state index contributed by atoms with van der Waals surface area (Å²) in [6.45, 7) is 3.29. The second kappa shape index (κ2) is 5.48. The first-order chi connectivity index (χ1) is 8.61. The first-order valence-electron chi connectivity index (χ1n) is 6.34. The Morgan fingerprint density at radius 1 is 1.50 bits per heavy atom. The molecule has 0 bridgehead atoms. The van der Waals surface area contributed by atoms with E-state index in [1.54, 1.807) is 13.0 Å². The van der Waals surface area contributed by atoms with Crippen LogP contribution < -0.4 is 5.32 Å². The Hall–Kier alpha value is -1.42. The molecule has 1 aromatic carbocycles. The highest BCUT2D eigenvalue weighted by molar-refractivity contribution is 5.95. The van der Waals surface area contributed by atoms with E-state index < -0.39 is 0 Å². The average molecular weight is 250 g/mol. The van der Waals surface area contributed by atoms with Gasteiger partial charge in [-0.15, -0.1) is 0 Å². The monoisotopic (exact) mass is 250 g/mol. The zero-order chi connectivity index (χ0) is 13.1. The van der Waals surface area contributed by atoms with Crippen molar-refractivity contribution < 1.29 is 9.18 Å².